The van der Waals surface area contributed by atoms with E-state index in [2.05, 4.69) is 5.32 Å². The lowest BCUT2D eigenvalue weighted by Gasteiger charge is -2.27. The van der Waals surface area contributed by atoms with E-state index in [-0.39, 0.29) is 55.1 Å². The van der Waals surface area contributed by atoms with Crippen LogP contribution >= 0.6 is 0 Å². The summed E-state index contributed by atoms with van der Waals surface area (Å²) in [7, 11) is 0. The summed E-state index contributed by atoms with van der Waals surface area (Å²) in [5.41, 5.74) is 0.652. The number of ether oxygens (including phenoxy) is 1. The lowest BCUT2D eigenvalue weighted by Crippen LogP contribution is -2.40. The fourth-order valence-electron chi connectivity index (χ4n) is 4.39. The van der Waals surface area contributed by atoms with Crippen LogP contribution in [0.5, 0.6) is 0 Å². The number of cyclic esters (lactones) is 1. The zero-order valence-corrected chi connectivity index (χ0v) is 20.2. The maximum Gasteiger partial charge on any atom is 0.331 e. The van der Waals surface area contributed by atoms with Gasteiger partial charge in [0.2, 0.25) is 11.8 Å². The number of hydrogen-bond donors (Lipinski definition) is 3. The third-order valence-electron chi connectivity index (χ3n) is 6.35. The van der Waals surface area contributed by atoms with Crippen molar-refractivity contribution in [1.82, 2.24) is 5.32 Å². The predicted octanol–water partition coefficient (Wildman–Crippen LogP) is 2.54. The van der Waals surface area contributed by atoms with Gasteiger partial charge in [0.1, 0.15) is 11.9 Å². The maximum absolute atomic E-state index is 13.0. The topological polar surface area (TPSA) is 130 Å². The average molecular weight is 476 g/mol. The number of carbonyl (C=O) groups excluding carboxylic acids is 4. The second-order valence-corrected chi connectivity index (χ2v) is 9.48. The Kier molecular flexibility index (Phi) is 10.9. The number of esters is 1. The third-order valence-corrected chi connectivity index (χ3v) is 6.35. The molecule has 0 aromatic rings. The van der Waals surface area contributed by atoms with E-state index in [9.17, 15) is 29.4 Å². The second kappa shape index (κ2) is 13.3. The predicted molar refractivity (Wildman–Crippen MR) is 126 cm³/mol. The van der Waals surface area contributed by atoms with Gasteiger partial charge in [-0.05, 0) is 44.1 Å². The number of ketones is 1. The van der Waals surface area contributed by atoms with Crippen LogP contribution in [0.4, 0.5) is 0 Å². The number of aliphatic hydroxyl groups excluding tert-OH is 2. The fraction of sp³-hybridized carbons (Fsp3) is 0.615. The van der Waals surface area contributed by atoms with Crippen LogP contribution < -0.4 is 5.32 Å². The summed E-state index contributed by atoms with van der Waals surface area (Å²) >= 11 is 0. The van der Waals surface area contributed by atoms with Crippen molar-refractivity contribution in [3.05, 3.63) is 36.0 Å². The molecule has 2 aliphatic rings. The lowest BCUT2D eigenvalue weighted by atomic mass is 9.86. The smallest absolute Gasteiger partial charge is 0.331 e. The second-order valence-electron chi connectivity index (χ2n) is 9.48. The molecule has 3 N–H and O–H groups in total. The molecule has 34 heavy (non-hydrogen) atoms. The van der Waals surface area contributed by atoms with E-state index in [0.29, 0.717) is 18.4 Å². The number of piperidine rings is 1. The average Bonchev–Trinajstić information content (AvgIpc) is 2.74. The van der Waals surface area contributed by atoms with Gasteiger partial charge in [0.25, 0.3) is 0 Å². The molecule has 8 nitrogen and oxygen atoms in total. The number of nitrogens with one attached hydrogen (secondary N) is 1. The van der Waals surface area contributed by atoms with Crippen LogP contribution in [0, 0.1) is 17.8 Å². The van der Waals surface area contributed by atoms with E-state index in [1.54, 1.807) is 19.9 Å². The zero-order valence-electron chi connectivity index (χ0n) is 20.2. The quantitative estimate of drug-likeness (QED) is 0.306. The molecule has 2 rings (SSSR count). The third kappa shape index (κ3) is 8.99. The van der Waals surface area contributed by atoms with Crippen LogP contribution in [0.2, 0.25) is 0 Å². The van der Waals surface area contributed by atoms with Crippen molar-refractivity contribution < 1.29 is 34.1 Å². The van der Waals surface area contributed by atoms with E-state index < -0.39 is 30.2 Å². The Morgan fingerprint density at radius 1 is 1.15 bits per heavy atom. The zero-order chi connectivity index (χ0) is 25.3. The molecule has 0 aromatic carbocycles. The Balaban J connectivity index is 2.11. The molecule has 0 aliphatic carbocycles. The van der Waals surface area contributed by atoms with Crippen LogP contribution in [-0.2, 0) is 23.9 Å². The van der Waals surface area contributed by atoms with E-state index >= 15 is 0 Å². The van der Waals surface area contributed by atoms with Crippen molar-refractivity contribution >= 4 is 23.6 Å². The van der Waals surface area contributed by atoms with Crippen molar-refractivity contribution in [2.75, 3.05) is 0 Å². The van der Waals surface area contributed by atoms with Crippen molar-refractivity contribution in [3.8, 4) is 0 Å². The minimum Gasteiger partial charge on any atom is -0.454 e. The van der Waals surface area contributed by atoms with E-state index in [0.717, 1.165) is 6.42 Å². The van der Waals surface area contributed by atoms with Crippen molar-refractivity contribution in [2.45, 2.75) is 84.0 Å². The van der Waals surface area contributed by atoms with Gasteiger partial charge in [-0.15, -0.1) is 0 Å². The van der Waals surface area contributed by atoms with Gasteiger partial charge >= 0.3 is 5.97 Å². The van der Waals surface area contributed by atoms with E-state index in [1.807, 2.05) is 25.2 Å². The summed E-state index contributed by atoms with van der Waals surface area (Å²) in [5, 5.41) is 23.1. The standard InChI is InChI=1S/C26H37NO7/c1-16-11-17(2)26(34-25(33)10-8-6-4-5-7-9-21(16)29)18(3)22(30)15-20(28)12-19-13-23(31)27-24(32)14-19/h5,7-8,10-11,16,18-21,26,28-29H,4,6,9,12-15H2,1-3H3,(H,27,31,32)/b7-5+,10-8+,17-11-/t16-,18-,20-,21-,26+/m1/s1. The molecular weight excluding hydrogens is 438 g/mol. The SMILES string of the molecule is C/C1=C/[C@@H](C)[C@H](O)C/C=C/CC/C=C/C(=O)O[C@@H]1[C@H](C)C(=O)C[C@H](O)CC1CC(=O)NC(=O)C1. The Bertz CT molecular complexity index is 828. The summed E-state index contributed by atoms with van der Waals surface area (Å²) in [5.74, 6) is -2.84. The molecule has 0 unspecified atom stereocenters. The fourth-order valence-corrected chi connectivity index (χ4v) is 4.39. The summed E-state index contributed by atoms with van der Waals surface area (Å²) in [4.78, 5) is 48.5. The van der Waals surface area contributed by atoms with Crippen LogP contribution in [0.25, 0.3) is 0 Å². The van der Waals surface area contributed by atoms with Gasteiger partial charge in [0.05, 0.1) is 18.1 Å². The molecular formula is C26H37NO7. The highest BCUT2D eigenvalue weighted by Crippen LogP contribution is 2.25. The molecule has 2 amide bonds. The van der Waals surface area contributed by atoms with Crippen molar-refractivity contribution in [3.63, 3.8) is 0 Å². The van der Waals surface area contributed by atoms with Crippen LogP contribution in [0.15, 0.2) is 36.0 Å². The van der Waals surface area contributed by atoms with Crippen LogP contribution in [-0.4, -0.2) is 52.1 Å². The molecule has 1 fully saturated rings. The first-order valence-electron chi connectivity index (χ1n) is 12.0. The highest BCUT2D eigenvalue weighted by Gasteiger charge is 2.32. The van der Waals surface area contributed by atoms with Gasteiger partial charge in [-0.3, -0.25) is 19.7 Å². The van der Waals surface area contributed by atoms with E-state index in [4.69, 9.17) is 4.74 Å². The summed E-state index contributed by atoms with van der Waals surface area (Å²) in [6, 6.07) is 0. The molecule has 0 saturated carbocycles. The lowest BCUT2D eigenvalue weighted by molar-refractivity contribution is -0.145. The van der Waals surface area contributed by atoms with Gasteiger partial charge in [0.15, 0.2) is 0 Å². The highest BCUT2D eigenvalue weighted by atomic mass is 16.5. The molecule has 1 saturated heterocycles. The molecule has 0 radical (unpaired) electrons. The van der Waals surface area contributed by atoms with Gasteiger partial charge in [-0.1, -0.05) is 38.2 Å². The van der Waals surface area contributed by atoms with Gasteiger partial charge in [-0.2, -0.15) is 0 Å². The Morgan fingerprint density at radius 3 is 2.47 bits per heavy atom. The first kappa shape index (κ1) is 27.7. The number of hydrogen-bond acceptors (Lipinski definition) is 7. The molecule has 0 bridgehead atoms. The van der Waals surface area contributed by atoms with Gasteiger partial charge in [-0.25, -0.2) is 4.79 Å². The first-order valence-corrected chi connectivity index (χ1v) is 12.0. The number of aliphatic hydroxyl groups is 2. The van der Waals surface area contributed by atoms with Crippen LogP contribution in [0.3, 0.4) is 0 Å². The van der Waals surface area contributed by atoms with Crippen LogP contribution in [0.1, 0.15) is 65.7 Å². The largest absolute Gasteiger partial charge is 0.454 e. The number of rotatable bonds is 6. The molecule has 188 valence electrons. The molecule has 2 heterocycles. The molecule has 0 spiro atoms. The number of carbonyl (C=O) groups is 4. The minimum atomic E-state index is -1.01. The van der Waals surface area contributed by atoms with Crippen molar-refractivity contribution in [1.29, 1.82) is 0 Å². The maximum atomic E-state index is 13.0. The first-order chi connectivity index (χ1) is 16.1. The van der Waals surface area contributed by atoms with E-state index in [1.165, 1.54) is 6.08 Å². The number of imide groups is 1. The van der Waals surface area contributed by atoms with Gasteiger partial charge < -0.3 is 14.9 Å². The summed E-state index contributed by atoms with van der Waals surface area (Å²) < 4.78 is 5.64. The molecule has 8 heteroatoms. The minimum absolute atomic E-state index is 0.135. The monoisotopic (exact) mass is 475 g/mol. The Morgan fingerprint density at radius 2 is 1.79 bits per heavy atom. The normalized spacial score (nSPS) is 30.7. The summed E-state index contributed by atoms with van der Waals surface area (Å²) in [6.45, 7) is 5.28. The van der Waals surface area contributed by atoms with Crippen molar-refractivity contribution in [2.24, 2.45) is 17.8 Å². The summed E-state index contributed by atoms with van der Waals surface area (Å²) in [6.07, 6.45) is 8.48. The number of allylic oxidation sites excluding steroid dienone is 2. The Labute approximate surface area is 201 Å². The number of amides is 2. The number of Topliss-reactive ketones (excluding diaryl/α,β-unsaturated/α-hetero) is 1. The van der Waals surface area contributed by atoms with Gasteiger partial charge in [0, 0.05) is 31.3 Å². The molecule has 2 aliphatic heterocycles. The molecule has 5 atom stereocenters. The molecule has 0 aromatic heterocycles. The Hall–Kier alpha value is -2.58. The highest BCUT2D eigenvalue weighted by molar-refractivity contribution is 5.97.